The molecular weight excluding hydrogens is 427 g/mol. The molecule has 0 aliphatic rings. The Balaban J connectivity index is 0.00000576. The van der Waals surface area contributed by atoms with Crippen molar-refractivity contribution in [2.45, 2.75) is 39.8 Å². The standard InChI is InChI=1S/C19H34N4O.HI/c1-7-24-18-11-9-8-10-16(18)13-21-19(20-4)22-14-17(23(5)6)12-15(2)3;/h8-11,15,17H,7,12-14H2,1-6H3,(H2,20,21,22);1H. The van der Waals surface area contributed by atoms with Crippen molar-refractivity contribution in [3.63, 3.8) is 0 Å². The molecule has 0 aliphatic heterocycles. The van der Waals surface area contributed by atoms with Gasteiger partial charge >= 0.3 is 0 Å². The van der Waals surface area contributed by atoms with Crippen LogP contribution in [-0.2, 0) is 6.54 Å². The average Bonchev–Trinajstić information content (AvgIpc) is 2.54. The molecule has 2 N–H and O–H groups in total. The van der Waals surface area contributed by atoms with Gasteiger partial charge in [-0.05, 0) is 39.4 Å². The van der Waals surface area contributed by atoms with Gasteiger partial charge in [-0.3, -0.25) is 4.99 Å². The number of guanidine groups is 1. The quantitative estimate of drug-likeness (QED) is 0.336. The van der Waals surface area contributed by atoms with Gasteiger partial charge in [0.1, 0.15) is 5.75 Å². The molecule has 1 rings (SSSR count). The summed E-state index contributed by atoms with van der Waals surface area (Å²) in [5.74, 6) is 2.41. The van der Waals surface area contributed by atoms with Crippen LogP contribution >= 0.6 is 24.0 Å². The molecule has 1 aromatic carbocycles. The molecule has 0 bridgehead atoms. The van der Waals surface area contributed by atoms with E-state index in [1.54, 1.807) is 7.05 Å². The molecule has 1 atom stereocenters. The van der Waals surface area contributed by atoms with Gasteiger partial charge < -0.3 is 20.3 Å². The molecule has 0 aliphatic carbocycles. The van der Waals surface area contributed by atoms with Gasteiger partial charge in [-0.2, -0.15) is 0 Å². The summed E-state index contributed by atoms with van der Waals surface area (Å²) in [4.78, 5) is 6.59. The third-order valence-corrected chi connectivity index (χ3v) is 3.92. The highest BCUT2D eigenvalue weighted by Gasteiger charge is 2.14. The van der Waals surface area contributed by atoms with Crippen LogP contribution in [0.15, 0.2) is 29.3 Å². The van der Waals surface area contributed by atoms with Crippen molar-refractivity contribution in [3.8, 4) is 5.75 Å². The molecule has 0 saturated carbocycles. The maximum absolute atomic E-state index is 5.67. The highest BCUT2D eigenvalue weighted by atomic mass is 127. The zero-order valence-electron chi connectivity index (χ0n) is 16.5. The Hall–Kier alpha value is -1.02. The number of hydrogen-bond acceptors (Lipinski definition) is 3. The molecule has 1 aromatic rings. The van der Waals surface area contributed by atoms with Crippen LogP contribution in [0.2, 0.25) is 0 Å². The van der Waals surface area contributed by atoms with E-state index >= 15 is 0 Å². The number of hydrogen-bond donors (Lipinski definition) is 2. The van der Waals surface area contributed by atoms with E-state index in [2.05, 4.69) is 54.5 Å². The maximum Gasteiger partial charge on any atom is 0.191 e. The number of rotatable bonds is 9. The van der Waals surface area contributed by atoms with Gasteiger partial charge in [0.2, 0.25) is 0 Å². The fraction of sp³-hybridized carbons (Fsp3) is 0.632. The topological polar surface area (TPSA) is 48.9 Å². The van der Waals surface area contributed by atoms with E-state index in [4.69, 9.17) is 4.74 Å². The lowest BCUT2D eigenvalue weighted by atomic mass is 10.0. The normalized spacial score (nSPS) is 12.7. The first-order valence-electron chi connectivity index (χ1n) is 8.79. The molecule has 25 heavy (non-hydrogen) atoms. The Morgan fingerprint density at radius 1 is 1.20 bits per heavy atom. The second kappa shape index (κ2) is 13.2. The molecule has 0 heterocycles. The van der Waals surface area contributed by atoms with Gasteiger partial charge in [0, 0.05) is 31.7 Å². The number of nitrogens with one attached hydrogen (secondary N) is 2. The first-order chi connectivity index (χ1) is 11.5. The summed E-state index contributed by atoms with van der Waals surface area (Å²) in [5, 5.41) is 6.81. The van der Waals surface area contributed by atoms with Crippen LogP contribution < -0.4 is 15.4 Å². The SMILES string of the molecule is CCOc1ccccc1CNC(=NC)NCC(CC(C)C)N(C)C.I. The van der Waals surface area contributed by atoms with Crippen molar-refractivity contribution < 1.29 is 4.74 Å². The van der Waals surface area contributed by atoms with Crippen molar-refractivity contribution in [3.05, 3.63) is 29.8 Å². The molecule has 6 heteroatoms. The van der Waals surface area contributed by atoms with E-state index in [-0.39, 0.29) is 24.0 Å². The third kappa shape index (κ3) is 9.30. The Kier molecular flexibility index (Phi) is 12.7. The van der Waals surface area contributed by atoms with Gasteiger partial charge in [0.15, 0.2) is 5.96 Å². The van der Waals surface area contributed by atoms with E-state index in [1.165, 1.54) is 0 Å². The Bertz CT molecular complexity index is 506. The predicted molar refractivity (Wildman–Crippen MR) is 118 cm³/mol. The fourth-order valence-corrected chi connectivity index (χ4v) is 2.58. The molecule has 5 nitrogen and oxygen atoms in total. The largest absolute Gasteiger partial charge is 0.494 e. The molecule has 144 valence electrons. The maximum atomic E-state index is 5.67. The molecule has 0 spiro atoms. The molecule has 0 saturated heterocycles. The van der Waals surface area contributed by atoms with Crippen LogP contribution in [0.25, 0.3) is 0 Å². The van der Waals surface area contributed by atoms with E-state index in [9.17, 15) is 0 Å². The Labute approximate surface area is 170 Å². The minimum atomic E-state index is 0. The van der Waals surface area contributed by atoms with Crippen molar-refractivity contribution in [2.75, 3.05) is 34.3 Å². The van der Waals surface area contributed by atoms with Crippen molar-refractivity contribution in [1.82, 2.24) is 15.5 Å². The molecule has 0 radical (unpaired) electrons. The van der Waals surface area contributed by atoms with Crippen LogP contribution in [0.1, 0.15) is 32.8 Å². The number of aliphatic imine (C=N–C) groups is 1. The van der Waals surface area contributed by atoms with Gasteiger partial charge in [-0.25, -0.2) is 0 Å². The summed E-state index contributed by atoms with van der Waals surface area (Å²) in [6, 6.07) is 8.59. The number of para-hydroxylation sites is 1. The number of benzene rings is 1. The molecule has 0 aromatic heterocycles. The lowest BCUT2D eigenvalue weighted by Crippen LogP contribution is -2.45. The first-order valence-corrected chi connectivity index (χ1v) is 8.79. The van der Waals surface area contributed by atoms with Crippen molar-refractivity contribution in [1.29, 1.82) is 0 Å². The van der Waals surface area contributed by atoms with Crippen molar-refractivity contribution >= 4 is 29.9 Å². The molecular formula is C19H35IN4O. The summed E-state index contributed by atoms with van der Waals surface area (Å²) in [5.41, 5.74) is 1.13. The highest BCUT2D eigenvalue weighted by Crippen LogP contribution is 2.17. The molecule has 1 unspecified atom stereocenters. The van der Waals surface area contributed by atoms with E-state index in [1.807, 2.05) is 25.1 Å². The van der Waals surface area contributed by atoms with Gasteiger partial charge in [0.25, 0.3) is 0 Å². The lowest BCUT2D eigenvalue weighted by molar-refractivity contribution is 0.254. The van der Waals surface area contributed by atoms with Crippen LogP contribution in [0.4, 0.5) is 0 Å². The van der Waals surface area contributed by atoms with Gasteiger partial charge in [-0.1, -0.05) is 32.0 Å². The first kappa shape index (κ1) is 24.0. The number of ether oxygens (including phenoxy) is 1. The zero-order chi connectivity index (χ0) is 17.9. The van der Waals surface area contributed by atoms with Crippen LogP contribution in [0.3, 0.4) is 0 Å². The molecule has 0 fully saturated rings. The zero-order valence-corrected chi connectivity index (χ0v) is 18.8. The second-order valence-electron chi connectivity index (χ2n) is 6.59. The predicted octanol–water partition coefficient (Wildman–Crippen LogP) is 3.34. The highest BCUT2D eigenvalue weighted by molar-refractivity contribution is 14.0. The monoisotopic (exact) mass is 462 g/mol. The van der Waals surface area contributed by atoms with Gasteiger partial charge in [0.05, 0.1) is 6.61 Å². The summed E-state index contributed by atoms with van der Waals surface area (Å²) in [6.07, 6.45) is 1.16. The van der Waals surface area contributed by atoms with Crippen molar-refractivity contribution in [2.24, 2.45) is 10.9 Å². The van der Waals surface area contributed by atoms with E-state index < -0.39 is 0 Å². The van der Waals surface area contributed by atoms with Crippen LogP contribution in [0, 0.1) is 5.92 Å². The number of nitrogens with zero attached hydrogens (tertiary/aromatic N) is 2. The Morgan fingerprint density at radius 2 is 1.88 bits per heavy atom. The lowest BCUT2D eigenvalue weighted by Gasteiger charge is -2.27. The van der Waals surface area contributed by atoms with E-state index in [0.717, 1.165) is 30.2 Å². The fourth-order valence-electron chi connectivity index (χ4n) is 2.58. The minimum Gasteiger partial charge on any atom is -0.494 e. The van der Waals surface area contributed by atoms with E-state index in [0.29, 0.717) is 25.1 Å². The minimum absolute atomic E-state index is 0. The van der Waals surface area contributed by atoms with Crippen LogP contribution in [-0.4, -0.2) is 51.2 Å². The molecule has 0 amide bonds. The average molecular weight is 462 g/mol. The summed E-state index contributed by atoms with van der Waals surface area (Å²) in [7, 11) is 6.06. The number of likely N-dealkylation sites (N-methyl/N-ethyl adjacent to an activating group) is 1. The smallest absolute Gasteiger partial charge is 0.191 e. The summed E-state index contributed by atoms with van der Waals surface area (Å²) < 4.78 is 5.67. The van der Waals surface area contributed by atoms with Crippen LogP contribution in [0.5, 0.6) is 5.75 Å². The summed E-state index contributed by atoms with van der Waals surface area (Å²) >= 11 is 0. The van der Waals surface area contributed by atoms with Gasteiger partial charge in [-0.15, -0.1) is 24.0 Å². The summed E-state index contributed by atoms with van der Waals surface area (Å²) in [6.45, 7) is 8.75. The second-order valence-corrected chi connectivity index (χ2v) is 6.59. The Morgan fingerprint density at radius 3 is 2.44 bits per heavy atom. The third-order valence-electron chi connectivity index (χ3n) is 3.92. The number of halogens is 1.